The number of imidazole rings is 1. The Morgan fingerprint density at radius 1 is 1.18 bits per heavy atom. The number of hydrogen-bond acceptors (Lipinski definition) is 9. The highest BCUT2D eigenvalue weighted by Gasteiger charge is 2.40. The van der Waals surface area contributed by atoms with Gasteiger partial charge in [-0.1, -0.05) is 0 Å². The Labute approximate surface area is 220 Å². The number of halogens is 1. The Balaban J connectivity index is 1.56. The lowest BCUT2D eigenvalue weighted by atomic mass is 9.91. The van der Waals surface area contributed by atoms with Crippen molar-refractivity contribution in [3.63, 3.8) is 0 Å². The van der Waals surface area contributed by atoms with Crippen molar-refractivity contribution in [2.45, 2.75) is 19.6 Å². The summed E-state index contributed by atoms with van der Waals surface area (Å²) in [5.41, 5.74) is 1.53. The number of amides is 1. The van der Waals surface area contributed by atoms with E-state index in [1.165, 1.54) is 12.1 Å². The van der Waals surface area contributed by atoms with Crippen molar-refractivity contribution >= 4 is 11.9 Å². The molecule has 3 heterocycles. The van der Waals surface area contributed by atoms with Crippen LogP contribution >= 0.6 is 0 Å². The van der Waals surface area contributed by atoms with Crippen LogP contribution in [0.1, 0.15) is 25.5 Å². The molecule has 0 atom stereocenters. The van der Waals surface area contributed by atoms with E-state index in [1.54, 1.807) is 31.3 Å². The molecule has 2 aromatic heterocycles. The molecule has 0 aliphatic carbocycles. The highest BCUT2D eigenvalue weighted by molar-refractivity contribution is 5.82. The normalized spacial score (nSPS) is 19.5. The molecule has 0 bridgehead atoms. The van der Waals surface area contributed by atoms with Gasteiger partial charge in [-0.25, -0.2) is 19.3 Å². The maximum absolute atomic E-state index is 13.6. The number of hydrogen-bond donors (Lipinski definition) is 4. The Morgan fingerprint density at radius 2 is 1.92 bits per heavy atom. The van der Waals surface area contributed by atoms with Crippen LogP contribution < -0.4 is 10.6 Å². The molecule has 204 valence electrons. The maximum Gasteiger partial charge on any atom is 0.230 e. The van der Waals surface area contributed by atoms with Crippen molar-refractivity contribution in [2.24, 2.45) is 5.41 Å². The van der Waals surface area contributed by atoms with Gasteiger partial charge in [0.15, 0.2) is 5.82 Å². The van der Waals surface area contributed by atoms with Gasteiger partial charge in [-0.05, 0) is 57.8 Å². The lowest BCUT2D eigenvalue weighted by Gasteiger charge is -2.35. The van der Waals surface area contributed by atoms with Gasteiger partial charge in [0.25, 0.3) is 0 Å². The summed E-state index contributed by atoms with van der Waals surface area (Å²) in [5, 5.41) is 15.0. The van der Waals surface area contributed by atoms with Gasteiger partial charge in [-0.15, -0.1) is 0 Å². The summed E-state index contributed by atoms with van der Waals surface area (Å²) in [6, 6.07) is 7.74. The SMILES string of the molecule is CN(C)CCNC(=O)C1(C)COC(c2nc(-c3ccc(F)cc3)c(-c3ccnc(NCCCO)n3)[nH]2)OC1. The summed E-state index contributed by atoms with van der Waals surface area (Å²) in [7, 11) is 3.89. The van der Waals surface area contributed by atoms with Crippen LogP contribution in [-0.2, 0) is 14.3 Å². The zero-order valence-electron chi connectivity index (χ0n) is 21.8. The van der Waals surface area contributed by atoms with Crippen molar-refractivity contribution in [2.75, 3.05) is 58.9 Å². The molecular weight excluding hydrogens is 493 g/mol. The van der Waals surface area contributed by atoms with Crippen LogP contribution in [0.5, 0.6) is 0 Å². The molecule has 38 heavy (non-hydrogen) atoms. The summed E-state index contributed by atoms with van der Waals surface area (Å²) < 4.78 is 25.5. The van der Waals surface area contributed by atoms with Crippen LogP contribution in [0, 0.1) is 11.2 Å². The monoisotopic (exact) mass is 527 g/mol. The third-order valence-electron chi connectivity index (χ3n) is 6.09. The number of likely N-dealkylation sites (N-methyl/N-ethyl adjacent to an activating group) is 1. The Hall–Kier alpha value is -3.45. The summed E-state index contributed by atoms with van der Waals surface area (Å²) in [6.07, 6.45) is 1.35. The zero-order valence-corrected chi connectivity index (χ0v) is 21.8. The summed E-state index contributed by atoms with van der Waals surface area (Å²) in [4.78, 5) is 31.5. The van der Waals surface area contributed by atoms with E-state index in [2.05, 4.69) is 25.6 Å². The first kappa shape index (κ1) is 27.6. The summed E-state index contributed by atoms with van der Waals surface area (Å²) in [5.74, 6) is 0.318. The number of nitrogens with zero attached hydrogens (tertiary/aromatic N) is 4. The van der Waals surface area contributed by atoms with Crippen LogP contribution in [0.3, 0.4) is 0 Å². The number of carbonyl (C=O) groups is 1. The number of anilines is 1. The molecule has 1 fully saturated rings. The fourth-order valence-electron chi connectivity index (χ4n) is 3.87. The molecule has 11 nitrogen and oxygen atoms in total. The number of nitrogens with one attached hydrogen (secondary N) is 3. The van der Waals surface area contributed by atoms with E-state index in [-0.39, 0.29) is 31.5 Å². The van der Waals surface area contributed by atoms with Gasteiger partial charge in [0.2, 0.25) is 18.1 Å². The van der Waals surface area contributed by atoms with E-state index in [1.807, 2.05) is 19.0 Å². The van der Waals surface area contributed by atoms with Crippen molar-refractivity contribution in [1.82, 2.24) is 30.2 Å². The van der Waals surface area contributed by atoms with E-state index in [0.717, 1.165) is 6.54 Å². The number of aliphatic hydroxyl groups excluding tert-OH is 1. The average Bonchev–Trinajstić information content (AvgIpc) is 3.35. The van der Waals surface area contributed by atoms with Gasteiger partial charge in [0, 0.05) is 38.0 Å². The Kier molecular flexibility index (Phi) is 9.00. The van der Waals surface area contributed by atoms with Crippen molar-refractivity contribution in [1.29, 1.82) is 0 Å². The molecule has 4 rings (SSSR count). The molecule has 0 saturated carbocycles. The molecule has 12 heteroatoms. The molecule has 0 radical (unpaired) electrons. The van der Waals surface area contributed by atoms with Crippen molar-refractivity contribution in [3.8, 4) is 22.6 Å². The molecule has 1 aromatic carbocycles. The number of carbonyl (C=O) groups excluding carboxylic acids is 1. The molecular formula is C26H34FN7O4. The molecule has 3 aromatic rings. The molecule has 1 aliphatic heterocycles. The third-order valence-corrected chi connectivity index (χ3v) is 6.09. The first-order valence-corrected chi connectivity index (χ1v) is 12.5. The number of rotatable bonds is 11. The Morgan fingerprint density at radius 3 is 2.61 bits per heavy atom. The highest BCUT2D eigenvalue weighted by atomic mass is 19.1. The number of H-pyrrole nitrogens is 1. The quantitative estimate of drug-likeness (QED) is 0.277. The summed E-state index contributed by atoms with van der Waals surface area (Å²) in [6.45, 7) is 3.95. The van der Waals surface area contributed by atoms with Crippen molar-refractivity contribution < 1.29 is 23.8 Å². The minimum atomic E-state index is -0.834. The van der Waals surface area contributed by atoms with Crippen LogP contribution in [0.25, 0.3) is 22.6 Å². The second-order valence-corrected chi connectivity index (χ2v) is 9.70. The summed E-state index contributed by atoms with van der Waals surface area (Å²) >= 11 is 0. The predicted molar refractivity (Wildman–Crippen MR) is 140 cm³/mol. The van der Waals surface area contributed by atoms with Crippen LogP contribution in [-0.4, -0.2) is 89.4 Å². The van der Waals surface area contributed by atoms with E-state index in [4.69, 9.17) is 19.6 Å². The van der Waals surface area contributed by atoms with E-state index in [0.29, 0.717) is 53.9 Å². The fourth-order valence-corrected chi connectivity index (χ4v) is 3.87. The topological polar surface area (TPSA) is 138 Å². The molecule has 1 saturated heterocycles. The van der Waals surface area contributed by atoms with E-state index in [9.17, 15) is 9.18 Å². The molecule has 0 unspecified atom stereocenters. The van der Waals surface area contributed by atoms with Crippen LogP contribution in [0.15, 0.2) is 36.5 Å². The highest BCUT2D eigenvalue weighted by Crippen LogP contribution is 2.35. The lowest BCUT2D eigenvalue weighted by Crippen LogP contribution is -2.49. The van der Waals surface area contributed by atoms with E-state index >= 15 is 0 Å². The molecule has 0 spiro atoms. The van der Waals surface area contributed by atoms with Gasteiger partial charge >= 0.3 is 0 Å². The standard InChI is InChI=1S/C26H34FN7O4/c1-26(24(36)28-12-13-34(2)3)15-37-23(38-16-26)22-32-20(17-5-7-18(27)8-6-17)21(33-22)19-9-11-30-25(31-19)29-10-4-14-35/h5-9,11,23,35H,4,10,12-16H2,1-3H3,(H,28,36)(H,32,33)(H,29,30,31). The average molecular weight is 528 g/mol. The smallest absolute Gasteiger partial charge is 0.230 e. The second kappa shape index (κ2) is 12.4. The molecule has 4 N–H and O–H groups in total. The van der Waals surface area contributed by atoms with Gasteiger partial charge in [-0.3, -0.25) is 4.79 Å². The van der Waals surface area contributed by atoms with Gasteiger partial charge in [0.05, 0.1) is 35.7 Å². The number of aromatic amines is 1. The maximum atomic E-state index is 13.6. The first-order chi connectivity index (χ1) is 18.3. The number of aromatic nitrogens is 4. The van der Waals surface area contributed by atoms with Crippen LogP contribution in [0.2, 0.25) is 0 Å². The van der Waals surface area contributed by atoms with Gasteiger partial charge in [0.1, 0.15) is 5.82 Å². The number of ether oxygens (including phenoxy) is 2. The Bertz CT molecular complexity index is 1210. The van der Waals surface area contributed by atoms with E-state index < -0.39 is 11.7 Å². The third kappa shape index (κ3) is 6.70. The second-order valence-electron chi connectivity index (χ2n) is 9.70. The molecule has 1 aliphatic rings. The largest absolute Gasteiger partial charge is 0.396 e. The number of benzene rings is 1. The van der Waals surface area contributed by atoms with Crippen molar-refractivity contribution in [3.05, 3.63) is 48.2 Å². The first-order valence-electron chi connectivity index (χ1n) is 12.5. The zero-order chi connectivity index (χ0) is 27.1. The predicted octanol–water partition coefficient (Wildman–Crippen LogP) is 2.20. The van der Waals surface area contributed by atoms with Crippen LogP contribution in [0.4, 0.5) is 10.3 Å². The minimum absolute atomic E-state index is 0.0590. The number of aliphatic hydroxyl groups is 1. The van der Waals surface area contributed by atoms with Gasteiger partial charge in [-0.2, -0.15) is 0 Å². The fraction of sp³-hybridized carbons (Fsp3) is 0.462. The minimum Gasteiger partial charge on any atom is -0.396 e. The molecule has 1 amide bonds. The van der Waals surface area contributed by atoms with Gasteiger partial charge < -0.3 is 35.1 Å². The lowest BCUT2D eigenvalue weighted by molar-refractivity contribution is -0.231.